The van der Waals surface area contributed by atoms with Crippen molar-refractivity contribution >= 4 is 0 Å². The van der Waals surface area contributed by atoms with Gasteiger partial charge >= 0.3 is 0 Å². The number of hydrogen-bond donors (Lipinski definition) is 1. The molecule has 3 rings (SSSR count). The third-order valence-electron chi connectivity index (χ3n) is 4.18. The van der Waals surface area contributed by atoms with Crippen LogP contribution in [-0.4, -0.2) is 22.7 Å². The van der Waals surface area contributed by atoms with Crippen molar-refractivity contribution < 1.29 is 4.52 Å². The van der Waals surface area contributed by atoms with Crippen LogP contribution >= 0.6 is 0 Å². The zero-order valence-corrected chi connectivity index (χ0v) is 12.8. The second-order valence-corrected chi connectivity index (χ2v) is 5.90. The fourth-order valence-corrected chi connectivity index (χ4v) is 2.83. The molecule has 1 heterocycles. The summed E-state index contributed by atoms with van der Waals surface area (Å²) in [4.78, 5) is 4.58. The molecule has 0 saturated carbocycles. The Bertz CT molecular complexity index is 593. The summed E-state index contributed by atoms with van der Waals surface area (Å²) in [5.41, 5.74) is 2.76. The van der Waals surface area contributed by atoms with E-state index in [4.69, 9.17) is 4.52 Å². The lowest BCUT2D eigenvalue weighted by Gasteiger charge is -2.27. The van der Waals surface area contributed by atoms with Crippen molar-refractivity contribution in [3.8, 4) is 0 Å². The van der Waals surface area contributed by atoms with Crippen LogP contribution in [0, 0.1) is 0 Å². The number of fused-ring (bicyclic) bond motifs is 1. The van der Waals surface area contributed by atoms with Crippen LogP contribution in [0.4, 0.5) is 0 Å². The molecule has 0 spiro atoms. The zero-order valence-electron chi connectivity index (χ0n) is 12.8. The lowest BCUT2D eigenvalue weighted by molar-refractivity contribution is 0.360. The molecule has 2 aromatic rings. The van der Waals surface area contributed by atoms with Crippen molar-refractivity contribution in [1.29, 1.82) is 0 Å². The molecule has 0 radical (unpaired) electrons. The van der Waals surface area contributed by atoms with E-state index >= 15 is 0 Å². The van der Waals surface area contributed by atoms with Crippen molar-refractivity contribution in [3.63, 3.8) is 0 Å². The van der Waals surface area contributed by atoms with Gasteiger partial charge < -0.3 is 9.84 Å². The zero-order chi connectivity index (χ0) is 14.7. The Balaban J connectivity index is 1.56. The summed E-state index contributed by atoms with van der Waals surface area (Å²) >= 11 is 0. The molecule has 0 saturated heterocycles. The highest BCUT2D eigenvalue weighted by molar-refractivity contribution is 5.43. The van der Waals surface area contributed by atoms with Gasteiger partial charge in [-0.2, -0.15) is 4.98 Å². The summed E-state index contributed by atoms with van der Waals surface area (Å²) in [7, 11) is 0. The molecule has 0 bridgehead atoms. The molecule has 2 unspecified atom stereocenters. The molecule has 1 N–H and O–H groups in total. The second-order valence-electron chi connectivity index (χ2n) is 5.90. The van der Waals surface area contributed by atoms with Crippen LogP contribution in [0.1, 0.15) is 55.4 Å². The minimum absolute atomic E-state index is 0.328. The number of nitrogens with zero attached hydrogens (tertiary/aromatic N) is 2. The Morgan fingerprint density at radius 3 is 3.05 bits per heavy atom. The van der Waals surface area contributed by atoms with Crippen LogP contribution in [0.3, 0.4) is 0 Å². The van der Waals surface area contributed by atoms with Gasteiger partial charge in [0.25, 0.3) is 0 Å². The lowest BCUT2D eigenvalue weighted by Crippen LogP contribution is -2.27. The Kier molecular flexibility index (Phi) is 4.34. The maximum atomic E-state index is 5.40. The molecule has 4 heteroatoms. The standard InChI is InChI=1S/C17H23N3O/c1-3-10-18-12(2)8-9-16-19-17(20-21-16)15-11-13-6-4-5-7-14(13)15/h4-7,12,15,18H,3,8-11H2,1-2H3. The first-order valence-electron chi connectivity index (χ1n) is 7.91. The number of benzene rings is 1. The normalized spacial score (nSPS) is 18.1. The van der Waals surface area contributed by atoms with E-state index in [1.54, 1.807) is 0 Å². The smallest absolute Gasteiger partial charge is 0.226 e. The Morgan fingerprint density at radius 1 is 1.38 bits per heavy atom. The van der Waals surface area contributed by atoms with E-state index in [0.717, 1.165) is 43.9 Å². The molecular weight excluding hydrogens is 262 g/mol. The molecule has 1 aliphatic rings. The van der Waals surface area contributed by atoms with E-state index in [0.29, 0.717) is 12.0 Å². The van der Waals surface area contributed by atoms with Crippen LogP contribution in [-0.2, 0) is 12.8 Å². The van der Waals surface area contributed by atoms with Crippen molar-refractivity contribution in [1.82, 2.24) is 15.5 Å². The van der Waals surface area contributed by atoms with E-state index in [1.165, 1.54) is 11.1 Å². The van der Waals surface area contributed by atoms with Crippen LogP contribution in [0.5, 0.6) is 0 Å². The number of nitrogens with one attached hydrogen (secondary N) is 1. The molecule has 1 aromatic carbocycles. The van der Waals surface area contributed by atoms with Gasteiger partial charge in [0.15, 0.2) is 5.82 Å². The third kappa shape index (κ3) is 3.16. The molecule has 2 atom stereocenters. The van der Waals surface area contributed by atoms with E-state index in [-0.39, 0.29) is 0 Å². The van der Waals surface area contributed by atoms with E-state index in [9.17, 15) is 0 Å². The minimum Gasteiger partial charge on any atom is -0.339 e. The highest BCUT2D eigenvalue weighted by atomic mass is 16.5. The predicted octanol–water partition coefficient (Wildman–Crippen LogP) is 3.08. The Morgan fingerprint density at radius 2 is 2.24 bits per heavy atom. The van der Waals surface area contributed by atoms with Gasteiger partial charge in [0, 0.05) is 12.5 Å². The molecule has 1 aromatic heterocycles. The summed E-state index contributed by atoms with van der Waals surface area (Å²) in [5, 5.41) is 7.65. The number of aryl methyl sites for hydroxylation is 1. The van der Waals surface area contributed by atoms with Gasteiger partial charge in [-0.25, -0.2) is 0 Å². The Labute approximate surface area is 126 Å². The summed E-state index contributed by atoms with van der Waals surface area (Å²) in [5.74, 6) is 1.94. The van der Waals surface area contributed by atoms with E-state index in [1.807, 2.05) is 0 Å². The van der Waals surface area contributed by atoms with Crippen LogP contribution < -0.4 is 5.32 Å². The average molecular weight is 285 g/mol. The third-order valence-corrected chi connectivity index (χ3v) is 4.18. The molecule has 0 amide bonds. The summed E-state index contributed by atoms with van der Waals surface area (Å²) in [6.07, 6.45) is 4.07. The van der Waals surface area contributed by atoms with Gasteiger partial charge in [-0.3, -0.25) is 0 Å². The monoisotopic (exact) mass is 285 g/mol. The molecule has 112 valence electrons. The minimum atomic E-state index is 0.328. The van der Waals surface area contributed by atoms with Crippen LogP contribution in [0.2, 0.25) is 0 Å². The number of hydrogen-bond acceptors (Lipinski definition) is 4. The maximum Gasteiger partial charge on any atom is 0.226 e. The SMILES string of the molecule is CCCNC(C)CCc1nc(C2Cc3ccccc32)no1. The van der Waals surface area contributed by atoms with Crippen molar-refractivity contribution in [2.75, 3.05) is 6.54 Å². The van der Waals surface area contributed by atoms with E-state index in [2.05, 4.69) is 53.6 Å². The summed E-state index contributed by atoms with van der Waals surface area (Å²) < 4.78 is 5.40. The molecule has 4 nitrogen and oxygen atoms in total. The number of rotatable bonds is 7. The van der Waals surface area contributed by atoms with Gasteiger partial charge in [-0.05, 0) is 43.9 Å². The lowest BCUT2D eigenvalue weighted by atomic mass is 9.77. The highest BCUT2D eigenvalue weighted by Crippen LogP contribution is 2.38. The molecular formula is C17H23N3O. The molecule has 21 heavy (non-hydrogen) atoms. The fourth-order valence-electron chi connectivity index (χ4n) is 2.83. The molecule has 0 fully saturated rings. The predicted molar refractivity (Wildman–Crippen MR) is 82.4 cm³/mol. The fraction of sp³-hybridized carbons (Fsp3) is 0.529. The first kappa shape index (κ1) is 14.3. The van der Waals surface area contributed by atoms with Gasteiger partial charge in [-0.15, -0.1) is 0 Å². The maximum absolute atomic E-state index is 5.40. The summed E-state index contributed by atoms with van der Waals surface area (Å²) in [6, 6.07) is 8.99. The topological polar surface area (TPSA) is 51.0 Å². The van der Waals surface area contributed by atoms with E-state index < -0.39 is 0 Å². The van der Waals surface area contributed by atoms with Crippen LogP contribution in [0.25, 0.3) is 0 Å². The van der Waals surface area contributed by atoms with Crippen molar-refractivity contribution in [2.24, 2.45) is 0 Å². The second kappa shape index (κ2) is 6.39. The first-order chi connectivity index (χ1) is 10.3. The Hall–Kier alpha value is -1.68. The van der Waals surface area contributed by atoms with Gasteiger partial charge in [0.1, 0.15) is 0 Å². The van der Waals surface area contributed by atoms with Gasteiger partial charge in [-0.1, -0.05) is 36.3 Å². The number of aromatic nitrogens is 2. The van der Waals surface area contributed by atoms with Crippen LogP contribution in [0.15, 0.2) is 28.8 Å². The highest BCUT2D eigenvalue weighted by Gasteiger charge is 2.30. The van der Waals surface area contributed by atoms with Gasteiger partial charge in [0.05, 0.1) is 5.92 Å². The van der Waals surface area contributed by atoms with Gasteiger partial charge in [0.2, 0.25) is 5.89 Å². The average Bonchev–Trinajstić information content (AvgIpc) is 2.92. The molecule has 1 aliphatic carbocycles. The quantitative estimate of drug-likeness (QED) is 0.849. The molecule has 0 aliphatic heterocycles. The van der Waals surface area contributed by atoms with Crippen molar-refractivity contribution in [3.05, 3.63) is 47.1 Å². The largest absolute Gasteiger partial charge is 0.339 e. The van der Waals surface area contributed by atoms with Crippen molar-refractivity contribution in [2.45, 2.75) is 51.5 Å². The first-order valence-corrected chi connectivity index (χ1v) is 7.91. The summed E-state index contributed by atoms with van der Waals surface area (Å²) in [6.45, 7) is 5.45.